The maximum Gasteiger partial charge on any atom is 0.405 e. The minimum Gasteiger partial charge on any atom is -0.465 e. The first kappa shape index (κ1) is 19.3. The molecule has 0 radical (unpaired) electrons. The van der Waals surface area contributed by atoms with E-state index in [0.717, 1.165) is 0 Å². The van der Waals surface area contributed by atoms with E-state index in [0.29, 0.717) is 5.69 Å². The van der Waals surface area contributed by atoms with Gasteiger partial charge in [-0.2, -0.15) is 5.10 Å². The van der Waals surface area contributed by atoms with Crippen LogP contribution >= 0.6 is 11.6 Å². The monoisotopic (exact) mass is 403 g/mol. The van der Waals surface area contributed by atoms with Crippen LogP contribution < -0.4 is 10.6 Å². The SMILES string of the molecule is O=C(O)N[C@@H](Cc1ccccn1)C(=O)Nc1cc(-c2cccc(Cl)c2F)n[nH]1. The lowest BCUT2D eigenvalue weighted by Crippen LogP contribution is -2.44. The van der Waals surface area contributed by atoms with Gasteiger partial charge in [-0.25, -0.2) is 9.18 Å². The van der Waals surface area contributed by atoms with E-state index >= 15 is 0 Å². The standard InChI is InChI=1S/C18H15ClFN5O3/c19-12-6-3-5-11(16(12)20)13-9-15(25-24-13)23-17(26)14(22-18(27)28)8-10-4-1-2-7-21-10/h1-7,9,14,22H,8H2,(H,27,28)(H2,23,24,25,26)/t14-/m0/s1. The Balaban J connectivity index is 1.75. The summed E-state index contributed by atoms with van der Waals surface area (Å²) in [6, 6.07) is 9.96. The number of carbonyl (C=O) groups excluding carboxylic acids is 1. The van der Waals surface area contributed by atoms with Crippen LogP contribution in [0.5, 0.6) is 0 Å². The van der Waals surface area contributed by atoms with Crippen LogP contribution in [0.2, 0.25) is 5.02 Å². The third-order valence-electron chi connectivity index (χ3n) is 3.82. The predicted octanol–water partition coefficient (Wildman–Crippen LogP) is 3.08. The molecule has 0 unspecified atom stereocenters. The molecule has 0 aliphatic heterocycles. The van der Waals surface area contributed by atoms with Crippen LogP contribution in [0.3, 0.4) is 0 Å². The van der Waals surface area contributed by atoms with Gasteiger partial charge in [-0.1, -0.05) is 23.7 Å². The lowest BCUT2D eigenvalue weighted by molar-refractivity contribution is -0.118. The summed E-state index contributed by atoms with van der Waals surface area (Å²) in [6.07, 6.45) is 0.261. The largest absolute Gasteiger partial charge is 0.465 e. The number of carboxylic acid groups (broad SMARTS) is 1. The fourth-order valence-electron chi connectivity index (χ4n) is 2.53. The molecule has 0 spiro atoms. The van der Waals surface area contributed by atoms with Crippen molar-refractivity contribution in [2.24, 2.45) is 0 Å². The van der Waals surface area contributed by atoms with E-state index in [1.54, 1.807) is 30.5 Å². The smallest absolute Gasteiger partial charge is 0.405 e. The first-order valence-corrected chi connectivity index (χ1v) is 8.52. The molecular formula is C18H15ClFN5O3. The molecule has 0 fully saturated rings. The fourth-order valence-corrected chi connectivity index (χ4v) is 2.71. The second-order valence-corrected chi connectivity index (χ2v) is 6.19. The molecule has 1 atom stereocenters. The molecule has 0 bridgehead atoms. The van der Waals surface area contributed by atoms with E-state index in [4.69, 9.17) is 16.7 Å². The average molecular weight is 404 g/mol. The number of amides is 2. The van der Waals surface area contributed by atoms with Gasteiger partial charge in [0.25, 0.3) is 0 Å². The number of nitrogens with zero attached hydrogens (tertiary/aromatic N) is 2. The highest BCUT2D eigenvalue weighted by molar-refractivity contribution is 6.31. The highest BCUT2D eigenvalue weighted by Gasteiger charge is 2.22. The molecule has 0 aliphatic carbocycles. The van der Waals surface area contributed by atoms with Gasteiger partial charge in [-0.3, -0.25) is 14.9 Å². The number of benzene rings is 1. The number of halogens is 2. The van der Waals surface area contributed by atoms with Crippen molar-refractivity contribution in [3.8, 4) is 11.3 Å². The topological polar surface area (TPSA) is 120 Å². The summed E-state index contributed by atoms with van der Waals surface area (Å²) in [7, 11) is 0. The van der Waals surface area contributed by atoms with E-state index in [2.05, 4.69) is 25.8 Å². The van der Waals surface area contributed by atoms with E-state index in [9.17, 15) is 14.0 Å². The van der Waals surface area contributed by atoms with Gasteiger partial charge >= 0.3 is 6.09 Å². The zero-order chi connectivity index (χ0) is 20.1. The minimum absolute atomic E-state index is 0.0489. The van der Waals surface area contributed by atoms with Crippen LogP contribution in [-0.4, -0.2) is 38.3 Å². The fraction of sp³-hybridized carbons (Fsp3) is 0.111. The molecule has 3 aromatic rings. The van der Waals surface area contributed by atoms with Crippen LogP contribution in [0.15, 0.2) is 48.7 Å². The summed E-state index contributed by atoms with van der Waals surface area (Å²) in [5.74, 6) is -1.07. The number of anilines is 1. The van der Waals surface area contributed by atoms with Gasteiger partial charge in [0.2, 0.25) is 5.91 Å². The molecule has 2 heterocycles. The normalized spacial score (nSPS) is 11.6. The van der Waals surface area contributed by atoms with Gasteiger partial charge in [0.15, 0.2) is 5.82 Å². The molecular weight excluding hydrogens is 389 g/mol. The summed E-state index contributed by atoms with van der Waals surface area (Å²) in [4.78, 5) is 27.6. The number of aromatic amines is 1. The maximum atomic E-state index is 14.1. The van der Waals surface area contributed by atoms with Crippen molar-refractivity contribution in [2.45, 2.75) is 12.5 Å². The number of rotatable bonds is 6. The lowest BCUT2D eigenvalue weighted by Gasteiger charge is -2.15. The summed E-state index contributed by atoms with van der Waals surface area (Å²) < 4.78 is 14.1. The summed E-state index contributed by atoms with van der Waals surface area (Å²) in [6.45, 7) is 0. The number of hydrogen-bond donors (Lipinski definition) is 4. The highest BCUT2D eigenvalue weighted by atomic mass is 35.5. The quantitative estimate of drug-likeness (QED) is 0.504. The van der Waals surface area contributed by atoms with E-state index in [1.165, 1.54) is 18.2 Å². The lowest BCUT2D eigenvalue weighted by atomic mass is 10.1. The van der Waals surface area contributed by atoms with Crippen LogP contribution in [0.25, 0.3) is 11.3 Å². The number of aromatic nitrogens is 3. The molecule has 1 aromatic carbocycles. The van der Waals surface area contributed by atoms with Gasteiger partial charge in [-0.15, -0.1) is 0 Å². The maximum absolute atomic E-state index is 14.1. The molecule has 2 aromatic heterocycles. The van der Waals surface area contributed by atoms with Crippen molar-refractivity contribution in [1.82, 2.24) is 20.5 Å². The molecule has 144 valence electrons. The molecule has 0 aliphatic rings. The third-order valence-corrected chi connectivity index (χ3v) is 4.11. The Hall–Kier alpha value is -3.46. The minimum atomic E-state index is -1.35. The van der Waals surface area contributed by atoms with Gasteiger partial charge in [0.1, 0.15) is 11.9 Å². The van der Waals surface area contributed by atoms with Crippen molar-refractivity contribution < 1.29 is 19.1 Å². The number of hydrogen-bond acceptors (Lipinski definition) is 4. The first-order valence-electron chi connectivity index (χ1n) is 8.14. The van der Waals surface area contributed by atoms with Crippen molar-refractivity contribution >= 4 is 29.4 Å². The zero-order valence-electron chi connectivity index (χ0n) is 14.3. The average Bonchev–Trinajstić information content (AvgIpc) is 3.12. The zero-order valence-corrected chi connectivity index (χ0v) is 15.1. The van der Waals surface area contributed by atoms with Gasteiger partial charge in [-0.05, 0) is 24.3 Å². The number of nitrogens with one attached hydrogen (secondary N) is 3. The second-order valence-electron chi connectivity index (χ2n) is 5.78. The molecule has 10 heteroatoms. The summed E-state index contributed by atoms with van der Waals surface area (Å²) in [5.41, 5.74) is 0.948. The number of carbonyl (C=O) groups is 2. The van der Waals surface area contributed by atoms with Gasteiger partial charge in [0.05, 0.1) is 10.7 Å². The van der Waals surface area contributed by atoms with E-state index < -0.39 is 23.9 Å². The Morgan fingerprint density at radius 2 is 2.07 bits per heavy atom. The van der Waals surface area contributed by atoms with Gasteiger partial charge in [0, 0.05) is 29.9 Å². The van der Waals surface area contributed by atoms with Crippen LogP contribution in [0.1, 0.15) is 5.69 Å². The van der Waals surface area contributed by atoms with Crippen LogP contribution in [0, 0.1) is 5.82 Å². The van der Waals surface area contributed by atoms with Crippen molar-refractivity contribution in [2.75, 3.05) is 5.32 Å². The van der Waals surface area contributed by atoms with E-state index in [1.807, 2.05) is 0 Å². The number of pyridine rings is 1. The van der Waals surface area contributed by atoms with E-state index in [-0.39, 0.29) is 28.5 Å². The second kappa shape index (κ2) is 8.49. The Labute approximate surface area is 163 Å². The predicted molar refractivity (Wildman–Crippen MR) is 101 cm³/mol. The van der Waals surface area contributed by atoms with Crippen molar-refractivity contribution in [3.05, 3.63) is 65.2 Å². The molecule has 0 saturated carbocycles. The summed E-state index contributed by atoms with van der Waals surface area (Å²) in [5, 5.41) is 20.2. The molecule has 0 saturated heterocycles. The Bertz CT molecular complexity index is 996. The Kier molecular flexibility index (Phi) is 5.85. The van der Waals surface area contributed by atoms with Crippen molar-refractivity contribution in [1.29, 1.82) is 0 Å². The first-order chi connectivity index (χ1) is 13.4. The molecule has 8 nitrogen and oxygen atoms in total. The molecule has 28 heavy (non-hydrogen) atoms. The van der Waals surface area contributed by atoms with Crippen molar-refractivity contribution in [3.63, 3.8) is 0 Å². The van der Waals surface area contributed by atoms with Crippen LogP contribution in [-0.2, 0) is 11.2 Å². The Morgan fingerprint density at radius 1 is 1.25 bits per heavy atom. The summed E-state index contributed by atoms with van der Waals surface area (Å²) >= 11 is 5.77. The number of H-pyrrole nitrogens is 1. The highest BCUT2D eigenvalue weighted by Crippen LogP contribution is 2.27. The van der Waals surface area contributed by atoms with Gasteiger partial charge < -0.3 is 15.7 Å². The molecule has 2 amide bonds. The Morgan fingerprint density at radius 3 is 2.79 bits per heavy atom. The third kappa shape index (κ3) is 4.63. The van der Waals surface area contributed by atoms with Crippen LogP contribution in [0.4, 0.5) is 15.0 Å². The molecule has 4 N–H and O–H groups in total. The molecule has 3 rings (SSSR count).